The number of nitrogens with zero attached hydrogens (tertiary/aromatic N) is 1. The Morgan fingerprint density at radius 1 is 1.00 bits per heavy atom. The minimum atomic E-state index is -0.262. The smallest absolute Gasteiger partial charge is 0.258 e. The highest BCUT2D eigenvalue weighted by molar-refractivity contribution is 6.04. The number of benzene rings is 3. The van der Waals surface area contributed by atoms with Crippen molar-refractivity contribution in [1.29, 1.82) is 0 Å². The van der Waals surface area contributed by atoms with Crippen molar-refractivity contribution in [3.8, 4) is 11.5 Å². The molecule has 2 N–H and O–H groups in total. The zero-order chi connectivity index (χ0) is 24.1. The standard InChI is InChI=1S/C27H29N3O4/c1-18(2)28-26(31)17-34-24-13-8-20(16-25(24)33-3)27(32)29-21-9-11-22(12-10-21)30-15-14-19-6-4-5-7-23(19)30/h4-13,16,18H,14-15,17H2,1-3H3,(H,28,31)(H,29,32). The van der Waals surface area contributed by atoms with Crippen LogP contribution in [0.5, 0.6) is 11.5 Å². The number of ether oxygens (including phenoxy) is 2. The third kappa shape index (κ3) is 5.31. The summed E-state index contributed by atoms with van der Waals surface area (Å²) in [6.07, 6.45) is 1.03. The molecule has 1 aliphatic heterocycles. The number of para-hydroxylation sites is 1. The lowest BCUT2D eigenvalue weighted by Crippen LogP contribution is -2.34. The van der Waals surface area contributed by atoms with Crippen LogP contribution in [0, 0.1) is 0 Å². The fraction of sp³-hybridized carbons (Fsp3) is 0.259. The molecule has 4 rings (SSSR count). The summed E-state index contributed by atoms with van der Waals surface area (Å²) >= 11 is 0. The van der Waals surface area contributed by atoms with Crippen LogP contribution in [0.4, 0.5) is 17.1 Å². The van der Waals surface area contributed by atoms with Crippen LogP contribution in [-0.2, 0) is 11.2 Å². The van der Waals surface area contributed by atoms with Gasteiger partial charge in [-0.15, -0.1) is 0 Å². The predicted octanol–water partition coefficient (Wildman–Crippen LogP) is 4.55. The summed E-state index contributed by atoms with van der Waals surface area (Å²) in [4.78, 5) is 26.9. The zero-order valence-corrected chi connectivity index (χ0v) is 19.6. The summed E-state index contributed by atoms with van der Waals surface area (Å²) in [7, 11) is 1.49. The van der Waals surface area contributed by atoms with E-state index in [9.17, 15) is 9.59 Å². The molecule has 0 radical (unpaired) electrons. The van der Waals surface area contributed by atoms with Crippen molar-refractivity contribution < 1.29 is 19.1 Å². The Hall–Kier alpha value is -4.00. The van der Waals surface area contributed by atoms with Gasteiger partial charge in [0, 0.05) is 35.2 Å². The molecule has 0 spiro atoms. The Morgan fingerprint density at radius 2 is 1.76 bits per heavy atom. The van der Waals surface area contributed by atoms with E-state index in [0.717, 1.165) is 18.7 Å². The van der Waals surface area contributed by atoms with Gasteiger partial charge < -0.3 is 25.0 Å². The summed E-state index contributed by atoms with van der Waals surface area (Å²) in [5.41, 5.74) is 4.80. The van der Waals surface area contributed by atoms with Gasteiger partial charge in [0.2, 0.25) is 0 Å². The van der Waals surface area contributed by atoms with Gasteiger partial charge in [0.05, 0.1) is 7.11 Å². The lowest BCUT2D eigenvalue weighted by Gasteiger charge is -2.20. The Kier molecular flexibility index (Phi) is 7.01. The van der Waals surface area contributed by atoms with Crippen molar-refractivity contribution in [3.05, 3.63) is 77.9 Å². The molecule has 0 aliphatic carbocycles. The lowest BCUT2D eigenvalue weighted by molar-refractivity contribution is -0.123. The summed E-state index contributed by atoms with van der Waals surface area (Å²) in [5.74, 6) is 0.294. The van der Waals surface area contributed by atoms with Gasteiger partial charge in [0.25, 0.3) is 11.8 Å². The van der Waals surface area contributed by atoms with Gasteiger partial charge in [0.1, 0.15) is 0 Å². The fourth-order valence-electron chi connectivity index (χ4n) is 3.97. The fourth-order valence-corrected chi connectivity index (χ4v) is 3.97. The maximum absolute atomic E-state index is 12.8. The first-order valence-corrected chi connectivity index (χ1v) is 11.3. The molecule has 0 saturated heterocycles. The minimum Gasteiger partial charge on any atom is -0.493 e. The van der Waals surface area contributed by atoms with Crippen LogP contribution in [0.15, 0.2) is 66.7 Å². The molecular weight excluding hydrogens is 430 g/mol. The molecule has 0 saturated carbocycles. The van der Waals surface area contributed by atoms with Gasteiger partial charge in [-0.2, -0.15) is 0 Å². The number of fused-ring (bicyclic) bond motifs is 1. The average molecular weight is 460 g/mol. The van der Waals surface area contributed by atoms with E-state index in [1.165, 1.54) is 18.4 Å². The summed E-state index contributed by atoms with van der Waals surface area (Å²) in [6, 6.07) is 21.1. The quantitative estimate of drug-likeness (QED) is 0.517. The van der Waals surface area contributed by atoms with Gasteiger partial charge in [-0.05, 0) is 74.4 Å². The number of anilines is 3. The minimum absolute atomic E-state index is 0.0318. The largest absolute Gasteiger partial charge is 0.493 e. The topological polar surface area (TPSA) is 79.9 Å². The molecule has 3 aromatic rings. The number of hydrogen-bond acceptors (Lipinski definition) is 5. The number of amides is 2. The zero-order valence-electron chi connectivity index (χ0n) is 19.6. The van der Waals surface area contributed by atoms with Crippen molar-refractivity contribution >= 4 is 28.9 Å². The van der Waals surface area contributed by atoms with E-state index in [2.05, 4.69) is 39.8 Å². The van der Waals surface area contributed by atoms with E-state index in [4.69, 9.17) is 9.47 Å². The van der Waals surface area contributed by atoms with E-state index < -0.39 is 0 Å². The summed E-state index contributed by atoms with van der Waals surface area (Å²) in [6.45, 7) is 4.57. The molecule has 7 heteroatoms. The first kappa shape index (κ1) is 23.2. The Morgan fingerprint density at radius 3 is 2.50 bits per heavy atom. The highest BCUT2D eigenvalue weighted by Gasteiger charge is 2.20. The molecule has 176 valence electrons. The van der Waals surface area contributed by atoms with Crippen molar-refractivity contribution in [2.45, 2.75) is 26.3 Å². The third-order valence-corrected chi connectivity index (χ3v) is 5.56. The monoisotopic (exact) mass is 459 g/mol. The summed E-state index contributed by atoms with van der Waals surface area (Å²) in [5, 5.41) is 5.68. The Bertz CT molecular complexity index is 1170. The molecule has 0 aromatic heterocycles. The second kappa shape index (κ2) is 10.3. The van der Waals surface area contributed by atoms with Gasteiger partial charge >= 0.3 is 0 Å². The predicted molar refractivity (Wildman–Crippen MR) is 133 cm³/mol. The normalized spacial score (nSPS) is 12.3. The molecule has 0 fully saturated rings. The third-order valence-electron chi connectivity index (χ3n) is 5.56. The van der Waals surface area contributed by atoms with Crippen LogP contribution in [0.2, 0.25) is 0 Å². The number of rotatable bonds is 8. The number of hydrogen-bond donors (Lipinski definition) is 2. The number of methoxy groups -OCH3 is 1. The molecule has 1 aliphatic rings. The molecule has 0 bridgehead atoms. The van der Waals surface area contributed by atoms with Crippen LogP contribution < -0.4 is 25.0 Å². The lowest BCUT2D eigenvalue weighted by atomic mass is 10.1. The molecule has 1 heterocycles. The first-order chi connectivity index (χ1) is 16.4. The Balaban J connectivity index is 1.40. The van der Waals surface area contributed by atoms with Crippen LogP contribution in [0.1, 0.15) is 29.8 Å². The number of nitrogens with one attached hydrogen (secondary N) is 2. The average Bonchev–Trinajstić information content (AvgIpc) is 3.27. The van der Waals surface area contributed by atoms with E-state index in [0.29, 0.717) is 22.7 Å². The van der Waals surface area contributed by atoms with Crippen LogP contribution in [-0.4, -0.2) is 38.1 Å². The highest BCUT2D eigenvalue weighted by Crippen LogP contribution is 2.34. The summed E-state index contributed by atoms with van der Waals surface area (Å²) < 4.78 is 10.9. The van der Waals surface area contributed by atoms with E-state index in [-0.39, 0.29) is 24.5 Å². The van der Waals surface area contributed by atoms with E-state index >= 15 is 0 Å². The molecule has 0 atom stereocenters. The molecule has 34 heavy (non-hydrogen) atoms. The number of carbonyl (C=O) groups excluding carboxylic acids is 2. The molecule has 0 unspecified atom stereocenters. The molecule has 7 nitrogen and oxygen atoms in total. The van der Waals surface area contributed by atoms with E-state index in [1.807, 2.05) is 38.1 Å². The van der Waals surface area contributed by atoms with Crippen molar-refractivity contribution in [2.24, 2.45) is 0 Å². The number of carbonyl (C=O) groups is 2. The van der Waals surface area contributed by atoms with Gasteiger partial charge in [-0.25, -0.2) is 0 Å². The molecule has 2 amide bonds. The Labute approximate surface area is 199 Å². The van der Waals surface area contributed by atoms with Gasteiger partial charge in [-0.3, -0.25) is 9.59 Å². The SMILES string of the molecule is COc1cc(C(=O)Nc2ccc(N3CCc4ccccc43)cc2)ccc1OCC(=O)NC(C)C. The molecule has 3 aromatic carbocycles. The maximum atomic E-state index is 12.8. The first-order valence-electron chi connectivity index (χ1n) is 11.3. The maximum Gasteiger partial charge on any atom is 0.258 e. The second-order valence-corrected chi connectivity index (χ2v) is 8.41. The van der Waals surface area contributed by atoms with Crippen molar-refractivity contribution in [1.82, 2.24) is 5.32 Å². The second-order valence-electron chi connectivity index (χ2n) is 8.41. The van der Waals surface area contributed by atoms with E-state index in [1.54, 1.807) is 18.2 Å². The van der Waals surface area contributed by atoms with Gasteiger partial charge in [0.15, 0.2) is 18.1 Å². The van der Waals surface area contributed by atoms with Gasteiger partial charge in [-0.1, -0.05) is 18.2 Å². The highest BCUT2D eigenvalue weighted by atomic mass is 16.5. The van der Waals surface area contributed by atoms with Crippen molar-refractivity contribution in [2.75, 3.05) is 30.5 Å². The van der Waals surface area contributed by atoms with Crippen LogP contribution >= 0.6 is 0 Å². The van der Waals surface area contributed by atoms with Crippen molar-refractivity contribution in [3.63, 3.8) is 0 Å². The van der Waals surface area contributed by atoms with Crippen LogP contribution in [0.3, 0.4) is 0 Å². The van der Waals surface area contributed by atoms with Crippen LogP contribution in [0.25, 0.3) is 0 Å². The molecular formula is C27H29N3O4.